The maximum absolute atomic E-state index is 12.2. The summed E-state index contributed by atoms with van der Waals surface area (Å²) in [6.07, 6.45) is -1.81. The molecular formula is C14H16O4S2. The summed E-state index contributed by atoms with van der Waals surface area (Å²) < 4.78 is 29.7. The van der Waals surface area contributed by atoms with Crippen molar-refractivity contribution in [3.8, 4) is 0 Å². The molecule has 0 saturated carbocycles. The largest absolute Gasteiger partial charge is 0.390 e. The van der Waals surface area contributed by atoms with E-state index in [9.17, 15) is 13.5 Å². The molecule has 1 aromatic carbocycles. The monoisotopic (exact) mass is 312 g/mol. The van der Waals surface area contributed by atoms with Gasteiger partial charge in [0.15, 0.2) is 0 Å². The van der Waals surface area contributed by atoms with Crippen LogP contribution in [-0.2, 0) is 14.3 Å². The molecule has 6 heteroatoms. The van der Waals surface area contributed by atoms with Gasteiger partial charge in [-0.25, -0.2) is 0 Å². The average molecular weight is 312 g/mol. The van der Waals surface area contributed by atoms with Crippen LogP contribution in [0.3, 0.4) is 0 Å². The lowest BCUT2D eigenvalue weighted by atomic mass is 10.2. The van der Waals surface area contributed by atoms with E-state index in [1.54, 1.807) is 24.3 Å². The van der Waals surface area contributed by atoms with E-state index in [1.165, 1.54) is 30.4 Å². The maximum atomic E-state index is 12.2. The van der Waals surface area contributed by atoms with Crippen molar-refractivity contribution in [3.63, 3.8) is 0 Å². The van der Waals surface area contributed by atoms with Gasteiger partial charge in [-0.3, -0.25) is 4.18 Å². The zero-order valence-corrected chi connectivity index (χ0v) is 12.8. The first kappa shape index (κ1) is 15.2. The number of aliphatic hydroxyl groups excluding tert-OH is 1. The van der Waals surface area contributed by atoms with Crippen molar-refractivity contribution in [2.75, 3.05) is 0 Å². The Morgan fingerprint density at radius 1 is 1.20 bits per heavy atom. The molecule has 0 aliphatic carbocycles. The van der Waals surface area contributed by atoms with Gasteiger partial charge in [-0.15, -0.1) is 11.3 Å². The first-order chi connectivity index (χ1) is 9.40. The zero-order chi connectivity index (χ0) is 14.8. The molecule has 4 nitrogen and oxygen atoms in total. The van der Waals surface area contributed by atoms with E-state index in [2.05, 4.69) is 0 Å². The van der Waals surface area contributed by atoms with Crippen molar-refractivity contribution in [2.24, 2.45) is 0 Å². The van der Waals surface area contributed by atoms with Crippen molar-refractivity contribution >= 4 is 21.5 Å². The Bertz CT molecular complexity index is 643. The van der Waals surface area contributed by atoms with Crippen molar-refractivity contribution in [1.82, 2.24) is 0 Å². The molecule has 0 aliphatic rings. The standard InChI is InChI=1S/C14H16O4S2/c1-10-5-7-12(8-6-10)20(16,17)18-14(11(2)15)13-4-3-9-19-13/h3-9,11,14-15H,1-2H3. The van der Waals surface area contributed by atoms with Crippen LogP contribution < -0.4 is 0 Å². The number of hydrogen-bond donors (Lipinski definition) is 1. The molecular weight excluding hydrogens is 296 g/mol. The second-order valence-electron chi connectivity index (χ2n) is 4.54. The summed E-state index contributed by atoms with van der Waals surface area (Å²) in [4.78, 5) is 0.765. The van der Waals surface area contributed by atoms with Crippen molar-refractivity contribution in [2.45, 2.75) is 31.0 Å². The number of thiophene rings is 1. The molecule has 108 valence electrons. The molecule has 0 saturated heterocycles. The molecule has 0 amide bonds. The van der Waals surface area contributed by atoms with Crippen LogP contribution in [0.1, 0.15) is 23.5 Å². The van der Waals surface area contributed by atoms with Gasteiger partial charge in [0.1, 0.15) is 6.10 Å². The van der Waals surface area contributed by atoms with E-state index in [-0.39, 0.29) is 4.90 Å². The van der Waals surface area contributed by atoms with E-state index in [0.717, 1.165) is 5.56 Å². The van der Waals surface area contributed by atoms with Gasteiger partial charge in [0, 0.05) is 4.88 Å². The summed E-state index contributed by atoms with van der Waals surface area (Å²) in [5.41, 5.74) is 0.967. The topological polar surface area (TPSA) is 63.6 Å². The molecule has 1 aromatic heterocycles. The van der Waals surface area contributed by atoms with E-state index in [1.807, 2.05) is 12.3 Å². The normalized spacial score (nSPS) is 14.9. The van der Waals surface area contributed by atoms with Crippen LogP contribution in [0.2, 0.25) is 0 Å². The lowest BCUT2D eigenvalue weighted by Gasteiger charge is -2.19. The highest BCUT2D eigenvalue weighted by Crippen LogP contribution is 2.29. The predicted molar refractivity (Wildman–Crippen MR) is 78.2 cm³/mol. The molecule has 20 heavy (non-hydrogen) atoms. The molecule has 0 fully saturated rings. The third-order valence-corrected chi connectivity index (χ3v) is 5.05. The molecule has 2 atom stereocenters. The van der Waals surface area contributed by atoms with Gasteiger partial charge in [0.25, 0.3) is 10.1 Å². The third-order valence-electron chi connectivity index (χ3n) is 2.80. The number of benzene rings is 1. The van der Waals surface area contributed by atoms with Gasteiger partial charge in [-0.05, 0) is 37.4 Å². The van der Waals surface area contributed by atoms with Crippen LogP contribution in [0.4, 0.5) is 0 Å². The van der Waals surface area contributed by atoms with Crippen molar-refractivity contribution < 1.29 is 17.7 Å². The molecule has 2 aromatic rings. The van der Waals surface area contributed by atoms with E-state index >= 15 is 0 Å². The minimum atomic E-state index is -3.90. The highest BCUT2D eigenvalue weighted by molar-refractivity contribution is 7.86. The fraction of sp³-hybridized carbons (Fsp3) is 0.286. The van der Waals surface area contributed by atoms with Gasteiger partial charge in [0.05, 0.1) is 11.0 Å². The predicted octanol–water partition coefficient (Wildman–Crippen LogP) is 2.88. The van der Waals surface area contributed by atoms with Gasteiger partial charge in [0.2, 0.25) is 0 Å². The van der Waals surface area contributed by atoms with Crippen LogP contribution in [0.25, 0.3) is 0 Å². The molecule has 1 heterocycles. The summed E-state index contributed by atoms with van der Waals surface area (Å²) in [6.45, 7) is 3.39. The molecule has 0 radical (unpaired) electrons. The molecule has 0 aliphatic heterocycles. The summed E-state index contributed by atoms with van der Waals surface area (Å²) >= 11 is 1.35. The number of aryl methyl sites for hydroxylation is 1. The van der Waals surface area contributed by atoms with Crippen LogP contribution >= 0.6 is 11.3 Å². The lowest BCUT2D eigenvalue weighted by molar-refractivity contribution is 0.0545. The SMILES string of the molecule is Cc1ccc(S(=O)(=O)OC(c2cccs2)C(C)O)cc1. The highest BCUT2D eigenvalue weighted by atomic mass is 32.2. The Hall–Kier alpha value is -1.21. The van der Waals surface area contributed by atoms with E-state index in [4.69, 9.17) is 4.18 Å². The Kier molecular flexibility index (Phi) is 4.59. The Balaban J connectivity index is 2.28. The first-order valence-electron chi connectivity index (χ1n) is 6.11. The van der Waals surface area contributed by atoms with E-state index < -0.39 is 22.3 Å². The van der Waals surface area contributed by atoms with E-state index in [0.29, 0.717) is 4.88 Å². The smallest absolute Gasteiger partial charge is 0.297 e. The fourth-order valence-corrected chi connectivity index (χ4v) is 3.75. The minimum absolute atomic E-state index is 0.0882. The zero-order valence-electron chi connectivity index (χ0n) is 11.2. The lowest BCUT2D eigenvalue weighted by Crippen LogP contribution is -2.21. The van der Waals surface area contributed by atoms with Crippen LogP contribution in [-0.4, -0.2) is 19.6 Å². The first-order valence-corrected chi connectivity index (χ1v) is 8.40. The quantitative estimate of drug-likeness (QED) is 0.862. The fourth-order valence-electron chi connectivity index (χ4n) is 1.72. The third kappa shape index (κ3) is 3.46. The van der Waals surface area contributed by atoms with Crippen LogP contribution in [0.5, 0.6) is 0 Å². The molecule has 0 bridgehead atoms. The van der Waals surface area contributed by atoms with Gasteiger partial charge >= 0.3 is 0 Å². The van der Waals surface area contributed by atoms with Gasteiger partial charge in [-0.2, -0.15) is 8.42 Å². The number of hydrogen-bond acceptors (Lipinski definition) is 5. The summed E-state index contributed by atoms with van der Waals surface area (Å²) in [7, 11) is -3.90. The minimum Gasteiger partial charge on any atom is -0.390 e. The van der Waals surface area contributed by atoms with Crippen molar-refractivity contribution in [3.05, 3.63) is 52.2 Å². The second kappa shape index (κ2) is 6.05. The van der Waals surface area contributed by atoms with Crippen LogP contribution in [0, 0.1) is 6.92 Å². The van der Waals surface area contributed by atoms with Crippen molar-refractivity contribution in [1.29, 1.82) is 0 Å². The second-order valence-corrected chi connectivity index (χ2v) is 7.09. The number of rotatable bonds is 5. The molecule has 2 unspecified atom stereocenters. The summed E-state index contributed by atoms with van der Waals surface area (Å²) in [5.74, 6) is 0. The Labute approximate surface area is 122 Å². The summed E-state index contributed by atoms with van der Waals surface area (Å²) in [5, 5.41) is 11.6. The highest BCUT2D eigenvalue weighted by Gasteiger charge is 2.27. The Morgan fingerprint density at radius 3 is 2.35 bits per heavy atom. The summed E-state index contributed by atoms with van der Waals surface area (Å²) in [6, 6.07) is 9.94. The molecule has 2 rings (SSSR count). The maximum Gasteiger partial charge on any atom is 0.297 e. The molecule has 0 spiro atoms. The number of aliphatic hydroxyl groups is 1. The molecule has 1 N–H and O–H groups in total. The van der Waals surface area contributed by atoms with Crippen LogP contribution in [0.15, 0.2) is 46.7 Å². The van der Waals surface area contributed by atoms with Gasteiger partial charge < -0.3 is 5.11 Å². The van der Waals surface area contributed by atoms with Gasteiger partial charge in [-0.1, -0.05) is 23.8 Å². The Morgan fingerprint density at radius 2 is 1.85 bits per heavy atom. The average Bonchev–Trinajstić information content (AvgIpc) is 2.90.